The van der Waals surface area contributed by atoms with Gasteiger partial charge in [0.25, 0.3) is 5.91 Å². The van der Waals surface area contributed by atoms with E-state index in [1.54, 1.807) is 4.90 Å². The summed E-state index contributed by atoms with van der Waals surface area (Å²) in [5, 5.41) is 3.22. The van der Waals surface area contributed by atoms with Gasteiger partial charge >= 0.3 is 0 Å². The fourth-order valence-corrected chi connectivity index (χ4v) is 5.69. The van der Waals surface area contributed by atoms with Gasteiger partial charge in [0, 0.05) is 43.3 Å². The highest BCUT2D eigenvalue weighted by Crippen LogP contribution is 2.28. The van der Waals surface area contributed by atoms with Crippen molar-refractivity contribution in [2.24, 2.45) is 11.7 Å². The van der Waals surface area contributed by atoms with E-state index in [1.165, 1.54) is 35.4 Å². The maximum Gasteiger partial charge on any atom is 0.254 e. The van der Waals surface area contributed by atoms with Gasteiger partial charge in [0.15, 0.2) is 0 Å². The molecule has 2 aromatic rings. The van der Waals surface area contributed by atoms with E-state index in [2.05, 4.69) is 49.2 Å². The van der Waals surface area contributed by atoms with Crippen LogP contribution in [0.15, 0.2) is 48.5 Å². The first-order valence-electron chi connectivity index (χ1n) is 13.6. The molecule has 2 atom stereocenters. The third kappa shape index (κ3) is 6.96. The van der Waals surface area contributed by atoms with Crippen molar-refractivity contribution in [1.29, 1.82) is 0 Å². The van der Waals surface area contributed by atoms with Crippen molar-refractivity contribution >= 4 is 11.8 Å². The molecule has 0 aromatic heterocycles. The number of hydrogen-bond donors (Lipinski definition) is 2. The number of halogens is 1. The molecular formula is C30H41FN4O2. The van der Waals surface area contributed by atoms with Gasteiger partial charge in [-0.15, -0.1) is 0 Å². The molecule has 7 heteroatoms. The lowest BCUT2D eigenvalue weighted by Gasteiger charge is -2.31. The largest absolute Gasteiger partial charge is 0.352 e. The molecule has 2 amide bonds. The zero-order chi connectivity index (χ0) is 26.5. The van der Waals surface area contributed by atoms with Gasteiger partial charge in [0.05, 0.1) is 0 Å². The van der Waals surface area contributed by atoms with E-state index in [0.717, 1.165) is 38.8 Å². The minimum atomic E-state index is -0.565. The summed E-state index contributed by atoms with van der Waals surface area (Å²) in [4.78, 5) is 31.3. The van der Waals surface area contributed by atoms with Gasteiger partial charge in [-0.05, 0) is 80.3 Å². The van der Waals surface area contributed by atoms with Crippen LogP contribution in [0.1, 0.15) is 67.4 Å². The standard InChI is InChI=1S/C30H41FN4O2/c1-20(2)17-34(18-23-7-5-4-6-21(23)3)27-16-28(29(36)33-26-14-12-25(32)13-15-26)35(19-27)30(37)22-8-10-24(31)11-9-22/h4-11,20,25-28H,12-19,32H2,1-3H3,(H,33,36). The third-order valence-corrected chi connectivity index (χ3v) is 7.80. The Morgan fingerprint density at radius 1 is 1.08 bits per heavy atom. The third-order valence-electron chi connectivity index (χ3n) is 7.80. The number of nitrogens with zero attached hydrogens (tertiary/aromatic N) is 2. The zero-order valence-electron chi connectivity index (χ0n) is 22.3. The lowest BCUT2D eigenvalue weighted by Crippen LogP contribution is -2.50. The average molecular weight is 509 g/mol. The Labute approximate surface area is 220 Å². The first-order valence-corrected chi connectivity index (χ1v) is 13.6. The number of likely N-dealkylation sites (tertiary alicyclic amines) is 1. The van der Waals surface area contributed by atoms with Gasteiger partial charge in [-0.2, -0.15) is 0 Å². The molecule has 1 saturated heterocycles. The summed E-state index contributed by atoms with van der Waals surface area (Å²) >= 11 is 0. The van der Waals surface area contributed by atoms with Crippen molar-refractivity contribution in [3.8, 4) is 0 Å². The van der Waals surface area contributed by atoms with E-state index in [0.29, 0.717) is 24.4 Å². The van der Waals surface area contributed by atoms with Gasteiger partial charge < -0.3 is 16.0 Å². The molecule has 1 saturated carbocycles. The Hall–Kier alpha value is -2.77. The van der Waals surface area contributed by atoms with Crippen molar-refractivity contribution in [3.05, 3.63) is 71.0 Å². The van der Waals surface area contributed by atoms with E-state index in [4.69, 9.17) is 5.73 Å². The molecule has 2 aliphatic rings. The molecule has 200 valence electrons. The van der Waals surface area contributed by atoms with Crippen LogP contribution in [0, 0.1) is 18.7 Å². The van der Waals surface area contributed by atoms with Crippen molar-refractivity contribution < 1.29 is 14.0 Å². The smallest absolute Gasteiger partial charge is 0.254 e. The summed E-state index contributed by atoms with van der Waals surface area (Å²) in [6.07, 6.45) is 4.09. The van der Waals surface area contributed by atoms with Gasteiger partial charge in [-0.3, -0.25) is 14.5 Å². The van der Waals surface area contributed by atoms with Gasteiger partial charge in [0.2, 0.25) is 5.91 Å². The van der Waals surface area contributed by atoms with Crippen LogP contribution in [-0.4, -0.2) is 58.9 Å². The van der Waals surface area contributed by atoms with Crippen molar-refractivity contribution in [2.45, 2.75) is 83.6 Å². The van der Waals surface area contributed by atoms with Crippen LogP contribution in [0.4, 0.5) is 4.39 Å². The average Bonchev–Trinajstić information content (AvgIpc) is 3.32. The van der Waals surface area contributed by atoms with Crippen molar-refractivity contribution in [3.63, 3.8) is 0 Å². The van der Waals surface area contributed by atoms with Crippen LogP contribution >= 0.6 is 0 Å². The van der Waals surface area contributed by atoms with Gasteiger partial charge in [-0.1, -0.05) is 38.1 Å². The quantitative estimate of drug-likeness (QED) is 0.559. The molecular weight excluding hydrogens is 467 g/mol. The van der Waals surface area contributed by atoms with E-state index >= 15 is 0 Å². The molecule has 6 nitrogen and oxygen atoms in total. The number of nitrogens with one attached hydrogen (secondary N) is 1. The van der Waals surface area contributed by atoms with E-state index in [1.807, 2.05) is 6.07 Å². The number of benzene rings is 2. The monoisotopic (exact) mass is 508 g/mol. The summed E-state index contributed by atoms with van der Waals surface area (Å²) < 4.78 is 13.5. The highest BCUT2D eigenvalue weighted by Gasteiger charge is 2.42. The lowest BCUT2D eigenvalue weighted by molar-refractivity contribution is -0.125. The molecule has 1 aliphatic heterocycles. The summed E-state index contributed by atoms with van der Waals surface area (Å²) in [6, 6.07) is 13.7. The second kappa shape index (κ2) is 12.2. The topological polar surface area (TPSA) is 78.7 Å². The van der Waals surface area contributed by atoms with E-state index in [9.17, 15) is 14.0 Å². The normalized spacial score (nSPS) is 24.0. The molecule has 1 aliphatic carbocycles. The second-order valence-corrected chi connectivity index (χ2v) is 11.2. The first kappa shape index (κ1) is 27.3. The summed E-state index contributed by atoms with van der Waals surface area (Å²) in [6.45, 7) is 8.60. The highest BCUT2D eigenvalue weighted by atomic mass is 19.1. The van der Waals surface area contributed by atoms with Crippen LogP contribution in [0.5, 0.6) is 0 Å². The maximum atomic E-state index is 13.6. The minimum absolute atomic E-state index is 0.0435. The van der Waals surface area contributed by atoms with Gasteiger partial charge in [0.1, 0.15) is 11.9 Å². The number of rotatable bonds is 8. The minimum Gasteiger partial charge on any atom is -0.352 e. The Balaban J connectivity index is 1.57. The van der Waals surface area contributed by atoms with Crippen LogP contribution < -0.4 is 11.1 Å². The predicted octanol–water partition coefficient (Wildman–Crippen LogP) is 4.26. The summed E-state index contributed by atoms with van der Waals surface area (Å²) in [5.74, 6) is -0.279. The number of hydrogen-bond acceptors (Lipinski definition) is 4. The molecule has 2 unspecified atom stereocenters. The number of carbonyl (C=O) groups excluding carboxylic acids is 2. The van der Waals surface area contributed by atoms with Gasteiger partial charge in [-0.25, -0.2) is 4.39 Å². The van der Waals surface area contributed by atoms with Crippen LogP contribution in [0.3, 0.4) is 0 Å². The maximum absolute atomic E-state index is 13.6. The Kier molecular flexibility index (Phi) is 8.98. The molecule has 3 N–H and O–H groups in total. The molecule has 37 heavy (non-hydrogen) atoms. The highest BCUT2D eigenvalue weighted by molar-refractivity contribution is 5.98. The van der Waals surface area contributed by atoms with E-state index in [-0.39, 0.29) is 35.8 Å². The fraction of sp³-hybridized carbons (Fsp3) is 0.533. The second-order valence-electron chi connectivity index (χ2n) is 11.2. The van der Waals surface area contributed by atoms with Crippen LogP contribution in [0.2, 0.25) is 0 Å². The molecule has 0 spiro atoms. The number of amides is 2. The van der Waals surface area contributed by atoms with Crippen molar-refractivity contribution in [2.75, 3.05) is 13.1 Å². The Morgan fingerprint density at radius 2 is 1.76 bits per heavy atom. The first-order chi connectivity index (χ1) is 17.7. The molecule has 0 radical (unpaired) electrons. The molecule has 2 fully saturated rings. The number of nitrogens with two attached hydrogens (primary N) is 1. The molecule has 0 bridgehead atoms. The van der Waals surface area contributed by atoms with Crippen LogP contribution in [0.25, 0.3) is 0 Å². The Bertz CT molecular complexity index is 1070. The van der Waals surface area contributed by atoms with Crippen LogP contribution in [-0.2, 0) is 11.3 Å². The summed E-state index contributed by atoms with van der Waals surface area (Å²) in [5.41, 5.74) is 8.94. The molecule has 1 heterocycles. The lowest BCUT2D eigenvalue weighted by atomic mass is 9.91. The summed E-state index contributed by atoms with van der Waals surface area (Å²) in [7, 11) is 0. The Morgan fingerprint density at radius 3 is 2.41 bits per heavy atom. The van der Waals surface area contributed by atoms with Crippen molar-refractivity contribution in [1.82, 2.24) is 15.1 Å². The fourth-order valence-electron chi connectivity index (χ4n) is 5.69. The van der Waals surface area contributed by atoms with E-state index < -0.39 is 6.04 Å². The molecule has 4 rings (SSSR count). The molecule has 2 aromatic carbocycles. The number of carbonyl (C=O) groups is 2. The zero-order valence-corrected chi connectivity index (χ0v) is 22.3. The number of aryl methyl sites for hydroxylation is 1. The predicted molar refractivity (Wildman–Crippen MR) is 144 cm³/mol. The SMILES string of the molecule is Cc1ccccc1CN(CC(C)C)C1CC(C(=O)NC2CCC(N)CC2)N(C(=O)c2ccc(F)cc2)C1.